The van der Waals surface area contributed by atoms with Crippen molar-refractivity contribution in [3.05, 3.63) is 54.1 Å². The zero-order valence-corrected chi connectivity index (χ0v) is 18.2. The molecule has 2 aromatic rings. The molecule has 2 heterocycles. The van der Waals surface area contributed by atoms with Crippen LogP contribution in [0.4, 0.5) is 0 Å². The fourth-order valence-electron chi connectivity index (χ4n) is 4.12. The number of aromatic nitrogens is 2. The number of imidazole rings is 1. The molecule has 1 aromatic heterocycles. The van der Waals surface area contributed by atoms with E-state index in [1.165, 1.54) is 0 Å². The Hall–Kier alpha value is -3.20. The van der Waals surface area contributed by atoms with Gasteiger partial charge in [-0.3, -0.25) is 14.4 Å². The average Bonchev–Trinajstić information content (AvgIpc) is 3.45. The van der Waals surface area contributed by atoms with E-state index in [2.05, 4.69) is 22.2 Å². The lowest BCUT2D eigenvalue weighted by atomic mass is 9.98. The summed E-state index contributed by atoms with van der Waals surface area (Å²) in [7, 11) is 0. The van der Waals surface area contributed by atoms with Crippen molar-refractivity contribution in [1.82, 2.24) is 20.2 Å². The Morgan fingerprint density at radius 3 is 2.75 bits per heavy atom. The molecule has 0 bridgehead atoms. The van der Waals surface area contributed by atoms with Crippen molar-refractivity contribution >= 4 is 17.8 Å². The lowest BCUT2D eigenvalue weighted by Crippen LogP contribution is -2.45. The summed E-state index contributed by atoms with van der Waals surface area (Å²) in [4.78, 5) is 45.2. The first kappa shape index (κ1) is 23.5. The molecule has 1 aliphatic rings. The molecule has 3 N–H and O–H groups in total. The highest BCUT2D eigenvalue weighted by molar-refractivity contribution is 5.84. The molecule has 1 unspecified atom stereocenters. The second-order valence-corrected chi connectivity index (χ2v) is 7.99. The lowest BCUT2D eigenvalue weighted by molar-refractivity contribution is -0.142. The van der Waals surface area contributed by atoms with E-state index in [-0.39, 0.29) is 30.9 Å². The maximum atomic E-state index is 12.9. The van der Waals surface area contributed by atoms with Gasteiger partial charge < -0.3 is 25.0 Å². The third-order valence-electron chi connectivity index (χ3n) is 5.86. The molecule has 9 nitrogen and oxygen atoms in total. The maximum absolute atomic E-state index is 12.9. The number of ether oxygens (including phenoxy) is 1. The predicted molar refractivity (Wildman–Crippen MR) is 117 cm³/mol. The number of aliphatic carboxylic acids is 1. The molecule has 1 fully saturated rings. The van der Waals surface area contributed by atoms with Gasteiger partial charge >= 0.3 is 5.97 Å². The number of aromatic amines is 1. The molecule has 0 spiro atoms. The fraction of sp³-hybridized carbons (Fsp3) is 0.478. The van der Waals surface area contributed by atoms with Gasteiger partial charge in [-0.05, 0) is 17.9 Å². The number of rotatable bonds is 11. The molecule has 2 amide bonds. The van der Waals surface area contributed by atoms with Gasteiger partial charge in [-0.15, -0.1) is 0 Å². The van der Waals surface area contributed by atoms with Crippen LogP contribution in [0.15, 0.2) is 42.9 Å². The van der Waals surface area contributed by atoms with Gasteiger partial charge in [0.05, 0.1) is 25.4 Å². The molecule has 9 heteroatoms. The van der Waals surface area contributed by atoms with Gasteiger partial charge in [0.25, 0.3) is 0 Å². The van der Waals surface area contributed by atoms with Crippen LogP contribution >= 0.6 is 0 Å². The highest BCUT2D eigenvalue weighted by atomic mass is 16.5. The summed E-state index contributed by atoms with van der Waals surface area (Å²) in [5.74, 6) is -1.32. The summed E-state index contributed by atoms with van der Waals surface area (Å²) in [6, 6.07) is 9.29. The van der Waals surface area contributed by atoms with Crippen molar-refractivity contribution in [2.24, 2.45) is 5.92 Å². The van der Waals surface area contributed by atoms with Crippen LogP contribution in [0.3, 0.4) is 0 Å². The first-order chi connectivity index (χ1) is 15.5. The number of carbonyl (C=O) groups is 3. The molecular weight excluding hydrogens is 412 g/mol. The molecule has 0 radical (unpaired) electrons. The highest BCUT2D eigenvalue weighted by Gasteiger charge is 2.37. The normalized spacial score (nSPS) is 19.0. The van der Waals surface area contributed by atoms with Crippen molar-refractivity contribution < 1.29 is 24.2 Å². The molecule has 3 atom stereocenters. The number of likely N-dealkylation sites (tertiary alicyclic amines) is 1. The van der Waals surface area contributed by atoms with Crippen molar-refractivity contribution in [2.45, 2.75) is 44.8 Å². The van der Waals surface area contributed by atoms with Crippen LogP contribution in [0.25, 0.3) is 0 Å². The van der Waals surface area contributed by atoms with Crippen LogP contribution in [0, 0.1) is 5.92 Å². The highest BCUT2D eigenvalue weighted by Crippen LogP contribution is 2.28. The van der Waals surface area contributed by atoms with Crippen molar-refractivity contribution in [3.63, 3.8) is 0 Å². The summed E-state index contributed by atoms with van der Waals surface area (Å²) in [6.45, 7) is 2.48. The molecule has 0 saturated carbocycles. The lowest BCUT2D eigenvalue weighted by Gasteiger charge is -2.29. The Labute approximate surface area is 187 Å². The van der Waals surface area contributed by atoms with Crippen LogP contribution in [0.1, 0.15) is 31.0 Å². The van der Waals surface area contributed by atoms with Gasteiger partial charge in [0, 0.05) is 24.9 Å². The number of hydrogen-bond acceptors (Lipinski definition) is 5. The average molecular weight is 443 g/mol. The quantitative estimate of drug-likeness (QED) is 0.483. The Balaban J connectivity index is 1.68. The third-order valence-corrected chi connectivity index (χ3v) is 5.86. The number of nitrogens with zero attached hydrogens (tertiary/aromatic N) is 2. The summed E-state index contributed by atoms with van der Waals surface area (Å²) >= 11 is 0. The second-order valence-electron chi connectivity index (χ2n) is 7.99. The maximum Gasteiger partial charge on any atom is 0.322 e. The Morgan fingerprint density at radius 1 is 1.31 bits per heavy atom. The summed E-state index contributed by atoms with van der Waals surface area (Å²) in [6.07, 6.45) is 4.67. The van der Waals surface area contributed by atoms with E-state index in [0.29, 0.717) is 13.0 Å². The first-order valence-corrected chi connectivity index (χ1v) is 10.9. The minimum atomic E-state index is -1.12. The monoisotopic (exact) mass is 442 g/mol. The largest absolute Gasteiger partial charge is 0.480 e. The Morgan fingerprint density at radius 2 is 2.09 bits per heavy atom. The number of hydrogen-bond donors (Lipinski definition) is 3. The molecule has 1 aromatic carbocycles. The second kappa shape index (κ2) is 11.4. The van der Waals surface area contributed by atoms with Crippen molar-refractivity contribution in [3.8, 4) is 0 Å². The topological polar surface area (TPSA) is 125 Å². The molecule has 0 aliphatic carbocycles. The predicted octanol–water partition coefficient (Wildman–Crippen LogP) is 1.41. The van der Waals surface area contributed by atoms with Crippen LogP contribution < -0.4 is 5.32 Å². The van der Waals surface area contributed by atoms with Gasteiger partial charge in [0.15, 0.2) is 0 Å². The van der Waals surface area contributed by atoms with E-state index >= 15 is 0 Å². The van der Waals surface area contributed by atoms with Crippen LogP contribution in [-0.4, -0.2) is 69.6 Å². The SMILES string of the molecule is CC[C@H]1CCN(C(=O)Cc2cnc[nH]2)C1CO[C@@H](Cc1ccccc1)C(=O)NCC(=O)O. The van der Waals surface area contributed by atoms with E-state index < -0.39 is 24.5 Å². The summed E-state index contributed by atoms with van der Waals surface area (Å²) in [5, 5.41) is 11.3. The summed E-state index contributed by atoms with van der Waals surface area (Å²) < 4.78 is 6.05. The van der Waals surface area contributed by atoms with Gasteiger partial charge in [-0.1, -0.05) is 43.7 Å². The number of carboxylic acid groups (broad SMARTS) is 1. The van der Waals surface area contributed by atoms with Crippen molar-refractivity contribution in [1.29, 1.82) is 0 Å². The number of H-pyrrole nitrogens is 1. The van der Waals surface area contributed by atoms with E-state index in [1.54, 1.807) is 12.5 Å². The third kappa shape index (κ3) is 6.40. The summed E-state index contributed by atoms with van der Waals surface area (Å²) in [5.41, 5.74) is 1.67. The molecule has 1 saturated heterocycles. The standard InChI is InChI=1S/C23H30N4O5/c1-2-17-8-9-27(21(28)11-18-12-24-15-26-18)19(17)14-32-20(23(31)25-13-22(29)30)10-16-6-4-3-5-7-16/h3-7,12,15,17,19-20H,2,8-11,13-14H2,1H3,(H,24,26)(H,25,31)(H,29,30)/t17-,19?,20-/m0/s1. The van der Waals surface area contributed by atoms with Gasteiger partial charge in [-0.25, -0.2) is 4.98 Å². The minimum Gasteiger partial charge on any atom is -0.480 e. The van der Waals surface area contributed by atoms with E-state index in [1.807, 2.05) is 35.2 Å². The number of carboxylic acids is 1. The Bertz CT molecular complexity index is 887. The molecule has 1 aliphatic heterocycles. The fourth-order valence-corrected chi connectivity index (χ4v) is 4.12. The van der Waals surface area contributed by atoms with Crippen LogP contribution in [-0.2, 0) is 32.0 Å². The number of amides is 2. The van der Waals surface area contributed by atoms with Gasteiger partial charge in [0.2, 0.25) is 11.8 Å². The van der Waals surface area contributed by atoms with E-state index in [9.17, 15) is 14.4 Å². The number of nitrogens with one attached hydrogen (secondary N) is 2. The minimum absolute atomic E-state index is 0.00580. The molecular formula is C23H30N4O5. The van der Waals surface area contributed by atoms with Gasteiger partial charge in [0.1, 0.15) is 12.6 Å². The van der Waals surface area contributed by atoms with Crippen LogP contribution in [0.5, 0.6) is 0 Å². The van der Waals surface area contributed by atoms with Crippen molar-refractivity contribution in [2.75, 3.05) is 19.7 Å². The van der Waals surface area contributed by atoms with Gasteiger partial charge in [-0.2, -0.15) is 0 Å². The number of carbonyl (C=O) groups excluding carboxylic acids is 2. The molecule has 172 valence electrons. The zero-order valence-electron chi connectivity index (χ0n) is 18.2. The van der Waals surface area contributed by atoms with E-state index in [0.717, 1.165) is 24.1 Å². The zero-order chi connectivity index (χ0) is 22.9. The molecule has 3 rings (SSSR count). The number of benzene rings is 1. The van der Waals surface area contributed by atoms with E-state index in [4.69, 9.17) is 9.84 Å². The van der Waals surface area contributed by atoms with Crippen LogP contribution in [0.2, 0.25) is 0 Å². The Kier molecular flexibility index (Phi) is 8.38. The first-order valence-electron chi connectivity index (χ1n) is 10.9. The smallest absolute Gasteiger partial charge is 0.322 e. The molecule has 32 heavy (non-hydrogen) atoms.